The molecule has 8 heteroatoms. The Morgan fingerprint density at radius 3 is 2.60 bits per heavy atom. The van der Waals surface area contributed by atoms with Gasteiger partial charge in [-0.15, -0.1) is 0 Å². The second-order valence-corrected chi connectivity index (χ2v) is 10.6. The Labute approximate surface area is 179 Å². The van der Waals surface area contributed by atoms with Crippen LogP contribution in [0.25, 0.3) is 0 Å². The molecule has 2 heterocycles. The van der Waals surface area contributed by atoms with Gasteiger partial charge >= 0.3 is 0 Å². The highest BCUT2D eigenvalue weighted by molar-refractivity contribution is 7.89. The van der Waals surface area contributed by atoms with Gasteiger partial charge in [0.1, 0.15) is 0 Å². The van der Waals surface area contributed by atoms with E-state index >= 15 is 0 Å². The van der Waals surface area contributed by atoms with Crippen LogP contribution >= 0.6 is 0 Å². The third-order valence-corrected chi connectivity index (χ3v) is 8.40. The van der Waals surface area contributed by atoms with Crippen molar-refractivity contribution in [3.8, 4) is 0 Å². The van der Waals surface area contributed by atoms with Crippen molar-refractivity contribution in [3.05, 3.63) is 29.3 Å². The number of carbonyl (C=O) groups is 2. The number of aryl methyl sites for hydroxylation is 1. The molecule has 0 spiro atoms. The first-order valence-electron chi connectivity index (χ1n) is 10.9. The standard InChI is InChI=1S/C22H33N3O4S/c1-16-8-10-19(30(28,29)25-13-4-3-6-17(25)2)14-20(16)22(27)24-12-5-7-18(15-24)9-11-21(23)26/h8,10,14,17-18H,3-7,9,11-13,15H2,1-2H3,(H2,23,26). The van der Waals surface area contributed by atoms with E-state index in [0.717, 1.165) is 37.7 Å². The second kappa shape index (κ2) is 9.47. The van der Waals surface area contributed by atoms with Gasteiger partial charge in [-0.1, -0.05) is 12.5 Å². The van der Waals surface area contributed by atoms with Crippen molar-refractivity contribution < 1.29 is 18.0 Å². The van der Waals surface area contributed by atoms with Crippen LogP contribution in [-0.4, -0.2) is 55.1 Å². The topological polar surface area (TPSA) is 101 Å². The van der Waals surface area contributed by atoms with E-state index in [1.54, 1.807) is 27.4 Å². The second-order valence-electron chi connectivity index (χ2n) is 8.70. The Bertz CT molecular complexity index is 900. The molecule has 2 N–H and O–H groups in total. The average Bonchev–Trinajstić information content (AvgIpc) is 2.72. The molecule has 0 radical (unpaired) electrons. The van der Waals surface area contributed by atoms with E-state index in [4.69, 9.17) is 5.73 Å². The minimum Gasteiger partial charge on any atom is -0.370 e. The van der Waals surface area contributed by atoms with Crippen LogP contribution in [0.1, 0.15) is 67.8 Å². The highest BCUT2D eigenvalue weighted by atomic mass is 32.2. The number of hydrogen-bond acceptors (Lipinski definition) is 4. The van der Waals surface area contributed by atoms with Gasteiger partial charge in [0, 0.05) is 37.7 Å². The van der Waals surface area contributed by atoms with Gasteiger partial charge in [0.15, 0.2) is 0 Å². The quantitative estimate of drug-likeness (QED) is 0.742. The predicted molar refractivity (Wildman–Crippen MR) is 115 cm³/mol. The molecule has 0 saturated carbocycles. The van der Waals surface area contributed by atoms with Crippen LogP contribution < -0.4 is 5.73 Å². The van der Waals surface area contributed by atoms with Crippen LogP contribution in [0.15, 0.2) is 23.1 Å². The number of primary amides is 1. The first-order valence-corrected chi connectivity index (χ1v) is 12.3. The van der Waals surface area contributed by atoms with E-state index in [0.29, 0.717) is 38.0 Å². The lowest BCUT2D eigenvalue weighted by atomic mass is 9.92. The fourth-order valence-electron chi connectivity index (χ4n) is 4.56. The summed E-state index contributed by atoms with van der Waals surface area (Å²) in [5, 5.41) is 0. The molecule has 2 aliphatic rings. The normalized spacial score (nSPS) is 23.3. The molecule has 166 valence electrons. The maximum Gasteiger partial charge on any atom is 0.254 e. The van der Waals surface area contributed by atoms with Gasteiger partial charge in [-0.3, -0.25) is 9.59 Å². The van der Waals surface area contributed by atoms with E-state index < -0.39 is 10.0 Å². The molecular formula is C22H33N3O4S. The number of sulfonamides is 1. The van der Waals surface area contributed by atoms with Crippen molar-refractivity contribution in [3.63, 3.8) is 0 Å². The first kappa shape index (κ1) is 22.7. The van der Waals surface area contributed by atoms with Gasteiger partial charge in [-0.2, -0.15) is 4.31 Å². The molecule has 1 aromatic rings. The largest absolute Gasteiger partial charge is 0.370 e. The van der Waals surface area contributed by atoms with Gasteiger partial charge in [0.25, 0.3) is 5.91 Å². The number of nitrogens with two attached hydrogens (primary N) is 1. The van der Waals surface area contributed by atoms with Crippen molar-refractivity contribution in [2.45, 2.75) is 69.7 Å². The fourth-order valence-corrected chi connectivity index (χ4v) is 6.28. The summed E-state index contributed by atoms with van der Waals surface area (Å²) in [5.41, 5.74) is 6.47. The van der Waals surface area contributed by atoms with Crippen LogP contribution in [-0.2, 0) is 14.8 Å². The lowest BCUT2D eigenvalue weighted by Crippen LogP contribution is -2.42. The predicted octanol–water partition coefficient (Wildman–Crippen LogP) is 2.68. The summed E-state index contributed by atoms with van der Waals surface area (Å²) < 4.78 is 28.0. The first-order chi connectivity index (χ1) is 14.2. The van der Waals surface area contributed by atoms with Crippen molar-refractivity contribution in [1.82, 2.24) is 9.21 Å². The van der Waals surface area contributed by atoms with Gasteiger partial charge in [-0.05, 0) is 69.6 Å². The molecule has 0 bridgehead atoms. The molecule has 3 rings (SSSR count). The van der Waals surface area contributed by atoms with E-state index in [1.165, 1.54) is 0 Å². The van der Waals surface area contributed by atoms with Gasteiger partial charge in [0.2, 0.25) is 15.9 Å². The Morgan fingerprint density at radius 2 is 1.90 bits per heavy atom. The number of nitrogens with zero attached hydrogens (tertiary/aromatic N) is 2. The summed E-state index contributed by atoms with van der Waals surface area (Å²) in [5.74, 6) is -0.212. The third-order valence-electron chi connectivity index (χ3n) is 6.39. The summed E-state index contributed by atoms with van der Waals surface area (Å²) in [6.45, 7) is 5.52. The number of piperidine rings is 2. The Morgan fingerprint density at radius 1 is 1.13 bits per heavy atom. The molecular weight excluding hydrogens is 402 g/mol. The number of amides is 2. The molecule has 2 fully saturated rings. The third kappa shape index (κ3) is 5.03. The summed E-state index contributed by atoms with van der Waals surface area (Å²) in [7, 11) is -3.63. The minimum absolute atomic E-state index is 0.0303. The van der Waals surface area contributed by atoms with Crippen LogP contribution in [0.3, 0.4) is 0 Å². The van der Waals surface area contributed by atoms with E-state index in [2.05, 4.69) is 0 Å². The highest BCUT2D eigenvalue weighted by Gasteiger charge is 2.32. The zero-order valence-corrected chi connectivity index (χ0v) is 18.8. The number of likely N-dealkylation sites (tertiary alicyclic amines) is 1. The van der Waals surface area contributed by atoms with Gasteiger partial charge < -0.3 is 10.6 Å². The summed E-state index contributed by atoms with van der Waals surface area (Å²) in [6.07, 6.45) is 5.61. The minimum atomic E-state index is -3.63. The summed E-state index contributed by atoms with van der Waals surface area (Å²) in [6, 6.07) is 4.84. The van der Waals surface area contributed by atoms with Crippen molar-refractivity contribution in [1.29, 1.82) is 0 Å². The van der Waals surface area contributed by atoms with Crippen LogP contribution in [0.5, 0.6) is 0 Å². The molecule has 30 heavy (non-hydrogen) atoms. The molecule has 2 unspecified atom stereocenters. The highest BCUT2D eigenvalue weighted by Crippen LogP contribution is 2.28. The molecule has 0 aromatic heterocycles. The molecule has 2 saturated heterocycles. The number of benzene rings is 1. The molecule has 1 aromatic carbocycles. The Balaban J connectivity index is 1.81. The molecule has 2 aliphatic heterocycles. The number of carbonyl (C=O) groups excluding carboxylic acids is 2. The molecule has 2 atom stereocenters. The van der Waals surface area contributed by atoms with Crippen molar-refractivity contribution >= 4 is 21.8 Å². The maximum atomic E-state index is 13.2. The van der Waals surface area contributed by atoms with Gasteiger partial charge in [-0.25, -0.2) is 8.42 Å². The van der Waals surface area contributed by atoms with Crippen molar-refractivity contribution in [2.75, 3.05) is 19.6 Å². The maximum absolute atomic E-state index is 13.2. The van der Waals surface area contributed by atoms with Crippen LogP contribution in [0.2, 0.25) is 0 Å². The zero-order valence-electron chi connectivity index (χ0n) is 18.0. The summed E-state index contributed by atoms with van der Waals surface area (Å²) >= 11 is 0. The molecule has 2 amide bonds. The molecule has 0 aliphatic carbocycles. The van der Waals surface area contributed by atoms with E-state index in [1.807, 2.05) is 13.8 Å². The smallest absolute Gasteiger partial charge is 0.254 e. The monoisotopic (exact) mass is 435 g/mol. The fraction of sp³-hybridized carbons (Fsp3) is 0.636. The number of rotatable bonds is 6. The zero-order chi connectivity index (χ0) is 21.9. The number of hydrogen-bond donors (Lipinski definition) is 1. The molecule has 7 nitrogen and oxygen atoms in total. The van der Waals surface area contributed by atoms with Crippen LogP contribution in [0.4, 0.5) is 0 Å². The Hall–Kier alpha value is -1.93. The lowest BCUT2D eigenvalue weighted by molar-refractivity contribution is -0.118. The summed E-state index contributed by atoms with van der Waals surface area (Å²) in [4.78, 5) is 26.3. The van der Waals surface area contributed by atoms with Gasteiger partial charge in [0.05, 0.1) is 4.90 Å². The van der Waals surface area contributed by atoms with Crippen LogP contribution in [0, 0.1) is 12.8 Å². The van der Waals surface area contributed by atoms with Crippen molar-refractivity contribution in [2.24, 2.45) is 11.7 Å². The van der Waals surface area contributed by atoms with E-state index in [9.17, 15) is 18.0 Å². The van der Waals surface area contributed by atoms with E-state index in [-0.39, 0.29) is 28.7 Å². The Kier molecular flexibility index (Phi) is 7.18. The SMILES string of the molecule is Cc1ccc(S(=O)(=O)N2CCCCC2C)cc1C(=O)N1CCCC(CCC(N)=O)C1. The lowest BCUT2D eigenvalue weighted by Gasteiger charge is -2.34. The average molecular weight is 436 g/mol.